The monoisotopic (exact) mass is 714 g/mol. The minimum Gasteiger partial charge on any atom is -0.497 e. The van der Waals surface area contributed by atoms with Gasteiger partial charge in [-0.2, -0.15) is 4.98 Å². The van der Waals surface area contributed by atoms with Crippen molar-refractivity contribution in [2.24, 2.45) is 17.8 Å². The maximum atomic E-state index is 14.2. The molecule has 2 N–H and O–H groups in total. The van der Waals surface area contributed by atoms with Gasteiger partial charge in [0.15, 0.2) is 0 Å². The molecule has 50 heavy (non-hydrogen) atoms. The van der Waals surface area contributed by atoms with Gasteiger partial charge in [-0.15, -0.1) is 0 Å². The molecule has 6 rings (SSSR count). The van der Waals surface area contributed by atoms with Crippen LogP contribution in [0.3, 0.4) is 0 Å². The van der Waals surface area contributed by atoms with Crippen LogP contribution in [0.2, 0.25) is 0 Å². The Kier molecular flexibility index (Phi) is 9.74. The quantitative estimate of drug-likeness (QED) is 0.389. The maximum Gasteiger partial charge on any atom is 0.259 e. The van der Waals surface area contributed by atoms with E-state index >= 15 is 0 Å². The molecular weight excluding hydrogens is 667 g/mol. The number of sulfonamides is 1. The van der Waals surface area contributed by atoms with Gasteiger partial charge in [0.25, 0.3) is 5.91 Å². The van der Waals surface area contributed by atoms with Gasteiger partial charge in [0.2, 0.25) is 33.7 Å². The van der Waals surface area contributed by atoms with E-state index in [1.165, 1.54) is 4.90 Å². The molecule has 2 saturated carbocycles. The Morgan fingerprint density at radius 3 is 2.60 bits per heavy atom. The number of ether oxygens (including phenoxy) is 2. The van der Waals surface area contributed by atoms with Crippen LogP contribution in [0.25, 0.3) is 10.9 Å². The standard InChI is InChI=1S/C35H47FN6O7S/c1-21-8-6-7-9-23-18-35(23,32(45)40-50(46,47)34(20-36)12-13-34)39-30(44)28-17-25(19-42(28)29(43)15-22(2)14-21)49-31-26-11-10-24(48-5)16-27(26)37-33(38-31)41(3)4/h7,9-11,16,21-23,25,28H,6,8,12-15,17-20H2,1-5H3,(H,39,44)(H,40,45)/b9-7-/t21-,22-,23?,25-,28+,35-/m1/s1. The fraction of sp³-hybridized carbons (Fsp3) is 0.629. The van der Waals surface area contributed by atoms with Crippen LogP contribution in [0, 0.1) is 17.8 Å². The van der Waals surface area contributed by atoms with Crippen molar-refractivity contribution < 1.29 is 36.7 Å². The second-order valence-corrected chi connectivity index (χ2v) is 16.9. The molecule has 272 valence electrons. The lowest BCUT2D eigenvalue weighted by Crippen LogP contribution is -2.57. The Morgan fingerprint density at radius 2 is 1.92 bits per heavy atom. The van der Waals surface area contributed by atoms with E-state index in [-0.39, 0.29) is 50.5 Å². The summed E-state index contributed by atoms with van der Waals surface area (Å²) >= 11 is 0. The average Bonchev–Trinajstić information content (AvgIpc) is 3.97. The number of fused-ring (bicyclic) bond motifs is 3. The SMILES string of the molecule is COc1ccc2c(O[C@@H]3C[C@H]4C(=O)N[C@]5(C(=O)NS(=O)(=O)C6(CF)CC6)CC5/C=C\CC[C@@H](C)C[C@@H](C)CC(=O)N4C3)nc(N(C)C)nc2c1. The van der Waals surface area contributed by atoms with Crippen LogP contribution in [-0.2, 0) is 24.4 Å². The highest BCUT2D eigenvalue weighted by Crippen LogP contribution is 2.48. The number of hydrogen-bond acceptors (Lipinski definition) is 10. The minimum absolute atomic E-state index is 0.0692. The summed E-state index contributed by atoms with van der Waals surface area (Å²) in [4.78, 5) is 54.3. The van der Waals surface area contributed by atoms with Crippen molar-refractivity contribution in [3.05, 3.63) is 30.4 Å². The number of nitrogens with zero attached hydrogens (tertiary/aromatic N) is 4. The number of hydrogen-bond donors (Lipinski definition) is 2. The molecule has 0 bridgehead atoms. The first-order chi connectivity index (χ1) is 23.7. The van der Waals surface area contributed by atoms with Gasteiger partial charge in [-0.3, -0.25) is 19.1 Å². The molecule has 2 aliphatic carbocycles. The average molecular weight is 715 g/mol. The van der Waals surface area contributed by atoms with Gasteiger partial charge in [-0.25, -0.2) is 17.8 Å². The highest BCUT2D eigenvalue weighted by Gasteiger charge is 2.64. The summed E-state index contributed by atoms with van der Waals surface area (Å²) in [5.74, 6) is -0.436. The lowest BCUT2D eigenvalue weighted by atomic mass is 9.91. The Hall–Kier alpha value is -4.01. The highest BCUT2D eigenvalue weighted by atomic mass is 32.2. The summed E-state index contributed by atoms with van der Waals surface area (Å²) < 4.78 is 52.2. The van der Waals surface area contributed by atoms with Gasteiger partial charge in [0, 0.05) is 38.9 Å². The Bertz CT molecular complexity index is 1800. The Morgan fingerprint density at radius 1 is 1.16 bits per heavy atom. The molecule has 1 saturated heterocycles. The summed E-state index contributed by atoms with van der Waals surface area (Å²) in [6, 6.07) is 4.36. The van der Waals surface area contributed by atoms with Crippen molar-refractivity contribution in [2.75, 3.05) is 39.3 Å². The number of halogens is 1. The smallest absolute Gasteiger partial charge is 0.259 e. The van der Waals surface area contributed by atoms with Crippen LogP contribution in [-0.4, -0.2) is 97.9 Å². The first-order valence-electron chi connectivity index (χ1n) is 17.3. The predicted octanol–water partition coefficient (Wildman–Crippen LogP) is 3.28. The van der Waals surface area contributed by atoms with E-state index in [0.717, 1.165) is 19.3 Å². The van der Waals surface area contributed by atoms with Crippen molar-refractivity contribution in [1.29, 1.82) is 0 Å². The summed E-state index contributed by atoms with van der Waals surface area (Å²) in [6.45, 7) is 3.18. The van der Waals surface area contributed by atoms with Crippen molar-refractivity contribution in [3.63, 3.8) is 0 Å². The molecule has 4 aliphatic rings. The van der Waals surface area contributed by atoms with Crippen LogP contribution in [0.15, 0.2) is 30.4 Å². The third-order valence-corrected chi connectivity index (χ3v) is 12.7. The first kappa shape index (κ1) is 35.8. The first-order valence-corrected chi connectivity index (χ1v) is 18.8. The van der Waals surface area contributed by atoms with E-state index in [1.54, 1.807) is 30.2 Å². The molecule has 3 heterocycles. The largest absolute Gasteiger partial charge is 0.497 e. The van der Waals surface area contributed by atoms with E-state index < -0.39 is 56.9 Å². The van der Waals surface area contributed by atoms with Crippen LogP contribution in [0.4, 0.5) is 10.3 Å². The molecule has 0 radical (unpaired) electrons. The van der Waals surface area contributed by atoms with Crippen LogP contribution >= 0.6 is 0 Å². The van der Waals surface area contributed by atoms with Crippen LogP contribution < -0.4 is 24.4 Å². The van der Waals surface area contributed by atoms with E-state index in [4.69, 9.17) is 9.47 Å². The number of amides is 3. The third kappa shape index (κ3) is 6.97. The normalized spacial score (nSPS) is 30.2. The fourth-order valence-corrected chi connectivity index (χ4v) is 8.64. The van der Waals surface area contributed by atoms with Gasteiger partial charge in [-0.1, -0.05) is 26.0 Å². The maximum absolute atomic E-state index is 14.2. The topological polar surface area (TPSA) is 160 Å². The van der Waals surface area contributed by atoms with Crippen LogP contribution in [0.1, 0.15) is 65.2 Å². The molecule has 3 fully saturated rings. The zero-order valence-electron chi connectivity index (χ0n) is 29.3. The predicted molar refractivity (Wildman–Crippen MR) is 185 cm³/mol. The lowest BCUT2D eigenvalue weighted by molar-refractivity contribution is -0.140. The molecule has 3 amide bonds. The van der Waals surface area contributed by atoms with Gasteiger partial charge in [0.1, 0.15) is 34.9 Å². The number of methoxy groups -OCH3 is 1. The summed E-state index contributed by atoms with van der Waals surface area (Å²) in [5, 5.41) is 3.49. The lowest BCUT2D eigenvalue weighted by Gasteiger charge is -2.28. The second kappa shape index (κ2) is 13.6. The van der Waals surface area contributed by atoms with Gasteiger partial charge in [-0.05, 0) is 62.5 Å². The van der Waals surface area contributed by atoms with E-state index in [9.17, 15) is 27.2 Å². The Labute approximate surface area is 292 Å². The third-order valence-electron chi connectivity index (χ3n) is 10.6. The molecule has 1 aromatic heterocycles. The number of rotatable bonds is 8. The molecular formula is C35H47FN6O7S. The summed E-state index contributed by atoms with van der Waals surface area (Å²) in [5.41, 5.74) is -0.957. The van der Waals surface area contributed by atoms with Crippen LogP contribution in [0.5, 0.6) is 11.6 Å². The molecule has 2 aromatic rings. The highest BCUT2D eigenvalue weighted by molar-refractivity contribution is 7.91. The number of allylic oxidation sites excluding steroid dienone is 1. The summed E-state index contributed by atoms with van der Waals surface area (Å²) in [6.07, 6.45) is 6.40. The van der Waals surface area contributed by atoms with Crippen molar-refractivity contribution >= 4 is 44.6 Å². The van der Waals surface area contributed by atoms with Crippen molar-refractivity contribution in [2.45, 2.75) is 87.6 Å². The number of carbonyl (C=O) groups is 3. The molecule has 15 heteroatoms. The molecule has 0 spiro atoms. The number of carbonyl (C=O) groups excluding carboxylic acids is 3. The molecule has 2 aliphatic heterocycles. The minimum atomic E-state index is -4.32. The summed E-state index contributed by atoms with van der Waals surface area (Å²) in [7, 11) is 0.866. The van der Waals surface area contributed by atoms with E-state index in [1.807, 2.05) is 33.2 Å². The van der Waals surface area contributed by atoms with Crippen molar-refractivity contribution in [3.8, 4) is 11.6 Å². The number of aromatic nitrogens is 2. The zero-order valence-corrected chi connectivity index (χ0v) is 30.1. The molecule has 13 nitrogen and oxygen atoms in total. The van der Waals surface area contributed by atoms with Gasteiger partial charge >= 0.3 is 0 Å². The number of anilines is 1. The fourth-order valence-electron chi connectivity index (χ4n) is 7.21. The number of benzene rings is 1. The van der Waals surface area contributed by atoms with Gasteiger partial charge in [0.05, 0.1) is 24.6 Å². The van der Waals surface area contributed by atoms with E-state index in [0.29, 0.717) is 34.4 Å². The molecule has 1 unspecified atom stereocenters. The van der Waals surface area contributed by atoms with Crippen molar-refractivity contribution in [1.82, 2.24) is 24.9 Å². The number of nitrogens with one attached hydrogen (secondary N) is 2. The van der Waals surface area contributed by atoms with Gasteiger partial charge < -0.3 is 24.6 Å². The molecule has 6 atom stereocenters. The zero-order chi connectivity index (χ0) is 36.0. The Balaban J connectivity index is 1.30. The second-order valence-electron chi connectivity index (χ2n) is 14.8. The number of alkyl halides is 1. The molecule has 1 aromatic carbocycles. The van der Waals surface area contributed by atoms with E-state index in [2.05, 4.69) is 26.9 Å².